The topological polar surface area (TPSA) is 43.8 Å². The maximum atomic E-state index is 10.9. The average molecular weight is 495 g/mol. The molecular formula is C33H38N2O2. The number of nitrogens with zero attached hydrogens (tertiary/aromatic N) is 2. The van der Waals surface area contributed by atoms with Gasteiger partial charge in [-0.1, -0.05) is 48.5 Å². The van der Waals surface area contributed by atoms with E-state index in [1.54, 1.807) is 0 Å². The maximum absolute atomic E-state index is 10.9. The SMILES string of the molecule is O=CCN1CCC2(CCCN(c3ccc(C4c5ccc(O)cc5CCC4c4ccccc4)cc3)C2)CC1. The molecule has 2 aliphatic heterocycles. The van der Waals surface area contributed by atoms with Crippen molar-refractivity contribution in [3.8, 4) is 5.75 Å². The van der Waals surface area contributed by atoms with Crippen LogP contribution >= 0.6 is 0 Å². The van der Waals surface area contributed by atoms with Crippen molar-refractivity contribution in [2.75, 3.05) is 37.6 Å². The molecule has 0 aromatic heterocycles. The summed E-state index contributed by atoms with van der Waals surface area (Å²) in [6.45, 7) is 4.91. The third-order valence-electron chi connectivity index (χ3n) is 9.34. The molecule has 1 aliphatic carbocycles. The van der Waals surface area contributed by atoms with Gasteiger partial charge in [0.15, 0.2) is 0 Å². The van der Waals surface area contributed by atoms with E-state index in [1.807, 2.05) is 12.1 Å². The predicted molar refractivity (Wildman–Crippen MR) is 150 cm³/mol. The first-order valence-corrected chi connectivity index (χ1v) is 14.0. The summed E-state index contributed by atoms with van der Waals surface area (Å²) in [6, 6.07) is 26.3. The normalized spacial score (nSPS) is 23.5. The Bertz CT molecular complexity index is 1210. The first kappa shape index (κ1) is 24.2. The van der Waals surface area contributed by atoms with Gasteiger partial charge >= 0.3 is 0 Å². The third kappa shape index (κ3) is 4.92. The minimum atomic E-state index is 0.288. The molecule has 0 saturated carbocycles. The quantitative estimate of drug-likeness (QED) is 0.433. The summed E-state index contributed by atoms with van der Waals surface area (Å²) in [5.41, 5.74) is 7.10. The Hall–Kier alpha value is -3.11. The molecule has 3 aromatic rings. The first-order valence-electron chi connectivity index (χ1n) is 14.0. The predicted octanol–water partition coefficient (Wildman–Crippen LogP) is 6.14. The lowest BCUT2D eigenvalue weighted by Gasteiger charge is -2.48. The fraction of sp³-hybridized carbons (Fsp3) is 0.424. The zero-order valence-corrected chi connectivity index (χ0v) is 21.7. The van der Waals surface area contributed by atoms with Gasteiger partial charge in [0, 0.05) is 24.7 Å². The van der Waals surface area contributed by atoms with Crippen LogP contribution in [0, 0.1) is 5.41 Å². The Morgan fingerprint density at radius 1 is 0.892 bits per heavy atom. The van der Waals surface area contributed by atoms with E-state index in [0.29, 0.717) is 23.6 Å². The van der Waals surface area contributed by atoms with Crippen LogP contribution in [0.25, 0.3) is 0 Å². The largest absolute Gasteiger partial charge is 0.508 e. The number of piperidine rings is 2. The second kappa shape index (κ2) is 10.3. The standard InChI is InChI=1S/C33H38N2O2/c36-22-21-34-19-16-33(17-20-34)15-4-18-35(24-33)28-10-7-26(8-11-28)32-30(25-5-2-1-3-6-25)13-9-27-23-29(37)12-14-31(27)32/h1-3,5-8,10-12,14,22-23,30,32,37H,4,9,13,15-21,24H2. The number of anilines is 1. The summed E-state index contributed by atoms with van der Waals surface area (Å²) in [4.78, 5) is 15.8. The summed E-state index contributed by atoms with van der Waals surface area (Å²) in [5.74, 6) is 1.08. The Balaban J connectivity index is 1.25. The second-order valence-electron chi connectivity index (χ2n) is 11.5. The lowest BCUT2D eigenvalue weighted by Crippen LogP contribution is -2.50. The molecule has 0 bridgehead atoms. The molecule has 192 valence electrons. The molecule has 1 N–H and O–H groups in total. The van der Waals surface area contributed by atoms with Gasteiger partial charge in [-0.3, -0.25) is 4.90 Å². The molecule has 2 fully saturated rings. The van der Waals surface area contributed by atoms with Crippen molar-refractivity contribution in [3.63, 3.8) is 0 Å². The number of benzene rings is 3. The lowest BCUT2D eigenvalue weighted by atomic mass is 9.69. The molecule has 2 saturated heterocycles. The van der Waals surface area contributed by atoms with Crippen LogP contribution in [0.5, 0.6) is 5.75 Å². The van der Waals surface area contributed by atoms with Crippen molar-refractivity contribution >= 4 is 12.0 Å². The van der Waals surface area contributed by atoms with Crippen LogP contribution in [0.15, 0.2) is 72.8 Å². The number of hydrogen-bond donors (Lipinski definition) is 1. The van der Waals surface area contributed by atoms with Crippen LogP contribution in [0.2, 0.25) is 0 Å². The summed E-state index contributed by atoms with van der Waals surface area (Å²) in [5, 5.41) is 10.1. The zero-order valence-electron chi connectivity index (χ0n) is 21.7. The molecule has 4 nitrogen and oxygen atoms in total. The number of aryl methyl sites for hydroxylation is 1. The number of phenols is 1. The van der Waals surface area contributed by atoms with Gasteiger partial charge in [-0.05, 0) is 109 Å². The molecule has 2 heterocycles. The number of carbonyl (C=O) groups is 1. The highest BCUT2D eigenvalue weighted by molar-refractivity contribution is 5.53. The fourth-order valence-electron chi connectivity index (χ4n) is 7.32. The van der Waals surface area contributed by atoms with Crippen LogP contribution in [0.3, 0.4) is 0 Å². The number of phenolic OH excluding ortho intramolecular Hbond substituents is 1. The number of likely N-dealkylation sites (tertiary alicyclic amines) is 1. The van der Waals surface area contributed by atoms with Crippen molar-refractivity contribution in [2.45, 2.75) is 50.4 Å². The highest BCUT2D eigenvalue weighted by atomic mass is 16.3. The molecule has 6 rings (SSSR count). The van der Waals surface area contributed by atoms with E-state index in [4.69, 9.17) is 0 Å². The van der Waals surface area contributed by atoms with Gasteiger partial charge in [0.1, 0.15) is 12.0 Å². The van der Waals surface area contributed by atoms with Gasteiger partial charge in [-0.2, -0.15) is 0 Å². The number of aldehydes is 1. The second-order valence-corrected chi connectivity index (χ2v) is 11.5. The van der Waals surface area contributed by atoms with Gasteiger partial charge in [-0.25, -0.2) is 0 Å². The summed E-state index contributed by atoms with van der Waals surface area (Å²) in [6.07, 6.45) is 8.06. The average Bonchev–Trinajstić information content (AvgIpc) is 2.94. The number of carbonyl (C=O) groups excluding carboxylic acids is 1. The van der Waals surface area contributed by atoms with Gasteiger partial charge < -0.3 is 14.8 Å². The van der Waals surface area contributed by atoms with Crippen molar-refractivity contribution in [3.05, 3.63) is 95.1 Å². The summed E-state index contributed by atoms with van der Waals surface area (Å²) in [7, 11) is 0. The van der Waals surface area contributed by atoms with Gasteiger partial charge in [0.05, 0.1) is 6.54 Å². The number of aromatic hydroxyl groups is 1. The summed E-state index contributed by atoms with van der Waals surface area (Å²) < 4.78 is 0. The smallest absolute Gasteiger partial charge is 0.133 e. The molecule has 4 heteroatoms. The van der Waals surface area contributed by atoms with Crippen LogP contribution in [-0.2, 0) is 11.2 Å². The van der Waals surface area contributed by atoms with Gasteiger partial charge in [-0.15, -0.1) is 0 Å². The van der Waals surface area contributed by atoms with Crippen molar-refractivity contribution in [2.24, 2.45) is 5.41 Å². The molecular weight excluding hydrogens is 456 g/mol. The van der Waals surface area contributed by atoms with Crippen LogP contribution in [0.1, 0.15) is 66.2 Å². The molecule has 2 atom stereocenters. The lowest BCUT2D eigenvalue weighted by molar-refractivity contribution is -0.109. The molecule has 0 amide bonds. The Labute approximate surface area is 220 Å². The van der Waals surface area contributed by atoms with E-state index in [1.165, 1.54) is 53.6 Å². The van der Waals surface area contributed by atoms with Crippen LogP contribution in [0.4, 0.5) is 5.69 Å². The zero-order chi connectivity index (χ0) is 25.2. The van der Waals surface area contributed by atoms with Crippen LogP contribution < -0.4 is 4.90 Å². The number of fused-ring (bicyclic) bond motifs is 1. The van der Waals surface area contributed by atoms with Crippen molar-refractivity contribution < 1.29 is 9.90 Å². The third-order valence-corrected chi connectivity index (χ3v) is 9.34. The van der Waals surface area contributed by atoms with Crippen molar-refractivity contribution in [1.29, 1.82) is 0 Å². The van der Waals surface area contributed by atoms with E-state index < -0.39 is 0 Å². The molecule has 1 spiro atoms. The maximum Gasteiger partial charge on any atom is 0.133 e. The minimum Gasteiger partial charge on any atom is -0.508 e. The summed E-state index contributed by atoms with van der Waals surface area (Å²) >= 11 is 0. The molecule has 0 radical (unpaired) electrons. The minimum absolute atomic E-state index is 0.288. The van der Waals surface area contributed by atoms with E-state index in [2.05, 4.69) is 70.5 Å². The highest BCUT2D eigenvalue weighted by Gasteiger charge is 2.38. The van der Waals surface area contributed by atoms with Crippen LogP contribution in [-0.4, -0.2) is 49.0 Å². The van der Waals surface area contributed by atoms with E-state index >= 15 is 0 Å². The highest BCUT2D eigenvalue weighted by Crippen LogP contribution is 2.47. The fourth-order valence-corrected chi connectivity index (χ4v) is 7.32. The Morgan fingerprint density at radius 2 is 1.68 bits per heavy atom. The molecule has 3 aliphatic rings. The van der Waals surface area contributed by atoms with Crippen molar-refractivity contribution in [1.82, 2.24) is 4.90 Å². The van der Waals surface area contributed by atoms with E-state index in [0.717, 1.165) is 45.3 Å². The monoisotopic (exact) mass is 494 g/mol. The van der Waals surface area contributed by atoms with E-state index in [-0.39, 0.29) is 5.92 Å². The number of hydrogen-bond acceptors (Lipinski definition) is 4. The Kier molecular flexibility index (Phi) is 6.77. The Morgan fingerprint density at radius 3 is 2.43 bits per heavy atom. The molecule has 2 unspecified atom stereocenters. The molecule has 3 aromatic carbocycles. The number of rotatable bonds is 5. The van der Waals surface area contributed by atoms with Gasteiger partial charge in [0.25, 0.3) is 0 Å². The molecule has 37 heavy (non-hydrogen) atoms. The van der Waals surface area contributed by atoms with Gasteiger partial charge in [0.2, 0.25) is 0 Å². The first-order chi connectivity index (χ1) is 18.1. The van der Waals surface area contributed by atoms with E-state index in [9.17, 15) is 9.90 Å².